The maximum atomic E-state index is 12.5. The van der Waals surface area contributed by atoms with E-state index in [4.69, 9.17) is 14.2 Å². The van der Waals surface area contributed by atoms with Crippen molar-refractivity contribution in [2.24, 2.45) is 5.92 Å². The van der Waals surface area contributed by atoms with Crippen LogP contribution in [0.15, 0.2) is 18.2 Å². The quantitative estimate of drug-likeness (QED) is 0.893. The number of hydrogen-bond donors (Lipinski definition) is 1. The van der Waals surface area contributed by atoms with Gasteiger partial charge < -0.3 is 24.4 Å². The molecule has 7 nitrogen and oxygen atoms in total. The molecule has 0 saturated carbocycles. The third kappa shape index (κ3) is 3.16. The van der Waals surface area contributed by atoms with Gasteiger partial charge in [-0.1, -0.05) is 0 Å². The molecule has 0 bridgehead atoms. The second-order valence-corrected chi connectivity index (χ2v) is 6.79. The lowest BCUT2D eigenvalue weighted by molar-refractivity contribution is -0.127. The van der Waals surface area contributed by atoms with E-state index < -0.39 is 0 Å². The van der Waals surface area contributed by atoms with E-state index in [-0.39, 0.29) is 43.1 Å². The number of ether oxygens (including phenoxy) is 3. The van der Waals surface area contributed by atoms with Gasteiger partial charge in [0.2, 0.25) is 18.6 Å². The summed E-state index contributed by atoms with van der Waals surface area (Å²) < 4.78 is 16.3. The van der Waals surface area contributed by atoms with Gasteiger partial charge in [0.1, 0.15) is 0 Å². The van der Waals surface area contributed by atoms with Crippen molar-refractivity contribution in [1.29, 1.82) is 0 Å². The number of benzene rings is 1. The highest BCUT2D eigenvalue weighted by Crippen LogP contribution is 2.37. The number of carbonyl (C=O) groups is 2. The van der Waals surface area contributed by atoms with E-state index in [0.717, 1.165) is 25.1 Å². The van der Waals surface area contributed by atoms with E-state index >= 15 is 0 Å². The van der Waals surface area contributed by atoms with Crippen molar-refractivity contribution in [2.45, 2.75) is 38.3 Å². The summed E-state index contributed by atoms with van der Waals surface area (Å²) in [5.41, 5.74) is 0.733. The molecule has 3 aliphatic heterocycles. The molecule has 1 aromatic rings. The highest BCUT2D eigenvalue weighted by atomic mass is 16.7. The molecule has 4 rings (SSSR count). The van der Waals surface area contributed by atoms with E-state index in [1.165, 1.54) is 0 Å². The summed E-state index contributed by atoms with van der Waals surface area (Å²) in [7, 11) is 0. The Morgan fingerprint density at radius 2 is 2.16 bits per heavy atom. The fourth-order valence-electron chi connectivity index (χ4n) is 3.62. The molecular formula is C18H22N2O5. The first-order valence-electron chi connectivity index (χ1n) is 8.74. The average Bonchev–Trinajstić information content (AvgIpc) is 3.34. The van der Waals surface area contributed by atoms with Gasteiger partial charge in [0, 0.05) is 31.3 Å². The molecule has 7 heteroatoms. The van der Waals surface area contributed by atoms with Crippen LogP contribution in [0.3, 0.4) is 0 Å². The van der Waals surface area contributed by atoms with E-state index in [1.807, 2.05) is 13.0 Å². The van der Waals surface area contributed by atoms with Gasteiger partial charge in [-0.2, -0.15) is 0 Å². The maximum Gasteiger partial charge on any atom is 0.231 e. The van der Waals surface area contributed by atoms with Crippen molar-refractivity contribution in [2.75, 3.05) is 24.8 Å². The highest BCUT2D eigenvalue weighted by molar-refractivity contribution is 6.00. The zero-order chi connectivity index (χ0) is 17.4. The van der Waals surface area contributed by atoms with Gasteiger partial charge >= 0.3 is 0 Å². The molecule has 1 aromatic carbocycles. The topological polar surface area (TPSA) is 77.1 Å². The largest absolute Gasteiger partial charge is 0.454 e. The molecule has 0 radical (unpaired) electrons. The van der Waals surface area contributed by atoms with Crippen LogP contribution in [0.25, 0.3) is 0 Å². The van der Waals surface area contributed by atoms with Crippen LogP contribution in [0.1, 0.15) is 26.2 Å². The van der Waals surface area contributed by atoms with E-state index in [1.54, 1.807) is 17.0 Å². The molecule has 2 fully saturated rings. The number of amides is 2. The lowest BCUT2D eigenvalue weighted by atomic mass is 10.1. The minimum absolute atomic E-state index is 0.0373. The van der Waals surface area contributed by atoms with Gasteiger partial charge in [-0.05, 0) is 31.9 Å². The maximum absolute atomic E-state index is 12.5. The smallest absolute Gasteiger partial charge is 0.231 e. The number of rotatable bonds is 4. The minimum Gasteiger partial charge on any atom is -0.454 e. The standard InChI is InChI=1S/C18H22N2O5/c1-11(14-3-2-6-23-14)19-18(22)12-7-17(21)20(9-12)13-4-5-15-16(8-13)25-10-24-15/h4-5,8,11-12,14H,2-3,6-7,9-10H2,1H3,(H,19,22)/t11-,12+,14-/m0/s1. The lowest BCUT2D eigenvalue weighted by Crippen LogP contribution is -2.44. The van der Waals surface area contributed by atoms with Crippen molar-refractivity contribution in [3.63, 3.8) is 0 Å². The van der Waals surface area contributed by atoms with E-state index in [2.05, 4.69) is 5.32 Å². The molecule has 3 atom stereocenters. The zero-order valence-corrected chi connectivity index (χ0v) is 14.2. The van der Waals surface area contributed by atoms with E-state index in [9.17, 15) is 9.59 Å². The lowest BCUT2D eigenvalue weighted by Gasteiger charge is -2.22. The van der Waals surface area contributed by atoms with Crippen LogP contribution in [0, 0.1) is 5.92 Å². The van der Waals surface area contributed by atoms with Gasteiger partial charge in [0.05, 0.1) is 18.1 Å². The average molecular weight is 346 g/mol. The van der Waals surface area contributed by atoms with E-state index in [0.29, 0.717) is 18.0 Å². The Morgan fingerprint density at radius 3 is 2.96 bits per heavy atom. The molecule has 3 aliphatic rings. The number of nitrogens with zero attached hydrogens (tertiary/aromatic N) is 1. The molecule has 1 N–H and O–H groups in total. The monoisotopic (exact) mass is 346 g/mol. The van der Waals surface area contributed by atoms with Crippen molar-refractivity contribution in [3.05, 3.63) is 18.2 Å². The van der Waals surface area contributed by atoms with Crippen molar-refractivity contribution < 1.29 is 23.8 Å². The number of nitrogens with one attached hydrogen (secondary N) is 1. The Bertz CT molecular complexity index is 686. The summed E-state index contributed by atoms with van der Waals surface area (Å²) in [5, 5.41) is 3.01. The first kappa shape index (κ1) is 16.2. The number of carbonyl (C=O) groups excluding carboxylic acids is 2. The van der Waals surface area contributed by atoms with Gasteiger partial charge in [-0.25, -0.2) is 0 Å². The number of hydrogen-bond acceptors (Lipinski definition) is 5. The first-order chi connectivity index (χ1) is 12.1. The van der Waals surface area contributed by atoms with Crippen LogP contribution in [0.5, 0.6) is 11.5 Å². The summed E-state index contributed by atoms with van der Waals surface area (Å²) in [6.45, 7) is 3.28. The third-order valence-electron chi connectivity index (χ3n) is 5.06. The predicted octanol–water partition coefficient (Wildman–Crippen LogP) is 1.45. The normalized spacial score (nSPS) is 26.1. The molecule has 25 heavy (non-hydrogen) atoms. The molecule has 2 saturated heterocycles. The van der Waals surface area contributed by atoms with Gasteiger partial charge in [-0.15, -0.1) is 0 Å². The molecule has 0 aromatic heterocycles. The predicted molar refractivity (Wildman–Crippen MR) is 89.6 cm³/mol. The fraction of sp³-hybridized carbons (Fsp3) is 0.556. The van der Waals surface area contributed by atoms with Gasteiger partial charge in [-0.3, -0.25) is 9.59 Å². The number of anilines is 1. The Hall–Kier alpha value is -2.28. The summed E-state index contributed by atoms with van der Waals surface area (Å²) in [6, 6.07) is 5.36. The highest BCUT2D eigenvalue weighted by Gasteiger charge is 2.37. The van der Waals surface area contributed by atoms with Crippen LogP contribution in [0.2, 0.25) is 0 Å². The summed E-state index contributed by atoms with van der Waals surface area (Å²) in [5.74, 6) is 0.824. The summed E-state index contributed by atoms with van der Waals surface area (Å²) in [6.07, 6.45) is 2.29. The molecule has 3 heterocycles. The second-order valence-electron chi connectivity index (χ2n) is 6.79. The molecule has 0 unspecified atom stereocenters. The molecule has 0 spiro atoms. The number of fused-ring (bicyclic) bond motifs is 1. The summed E-state index contributed by atoms with van der Waals surface area (Å²) in [4.78, 5) is 26.6. The first-order valence-corrected chi connectivity index (χ1v) is 8.74. The van der Waals surface area contributed by atoms with Crippen LogP contribution in [0.4, 0.5) is 5.69 Å². The molecule has 0 aliphatic carbocycles. The second kappa shape index (κ2) is 6.55. The fourth-order valence-corrected chi connectivity index (χ4v) is 3.62. The Morgan fingerprint density at radius 1 is 1.32 bits per heavy atom. The van der Waals surface area contributed by atoms with Gasteiger partial charge in [0.15, 0.2) is 11.5 Å². The van der Waals surface area contributed by atoms with Crippen LogP contribution < -0.4 is 19.7 Å². The van der Waals surface area contributed by atoms with Crippen molar-refractivity contribution in [1.82, 2.24) is 5.32 Å². The molecule has 134 valence electrons. The Labute approximate surface area is 146 Å². The van der Waals surface area contributed by atoms with Crippen molar-refractivity contribution in [3.8, 4) is 11.5 Å². The SMILES string of the molecule is C[C@H](NC(=O)[C@@H]1CC(=O)N(c2ccc3c(c2)OCO3)C1)[C@@H]1CCCO1. The minimum atomic E-state index is -0.346. The Balaban J connectivity index is 1.40. The third-order valence-corrected chi connectivity index (χ3v) is 5.06. The van der Waals surface area contributed by atoms with Crippen molar-refractivity contribution >= 4 is 17.5 Å². The van der Waals surface area contributed by atoms with Crippen LogP contribution >= 0.6 is 0 Å². The molecular weight excluding hydrogens is 324 g/mol. The summed E-state index contributed by atoms with van der Waals surface area (Å²) >= 11 is 0. The van der Waals surface area contributed by atoms with Crippen LogP contribution in [-0.2, 0) is 14.3 Å². The zero-order valence-electron chi connectivity index (χ0n) is 14.2. The van der Waals surface area contributed by atoms with Crippen LogP contribution in [-0.4, -0.2) is 43.9 Å². The van der Waals surface area contributed by atoms with Gasteiger partial charge in [0.25, 0.3) is 0 Å². The molecule has 2 amide bonds. The Kier molecular flexibility index (Phi) is 4.25.